The first-order valence-corrected chi connectivity index (χ1v) is 7.43. The molecule has 3 rings (SSSR count). The lowest BCUT2D eigenvalue weighted by Crippen LogP contribution is -2.08. The maximum absolute atomic E-state index is 12.4. The van der Waals surface area contributed by atoms with Crippen LogP contribution in [-0.4, -0.2) is 16.1 Å². The van der Waals surface area contributed by atoms with E-state index in [0.29, 0.717) is 18.5 Å². The van der Waals surface area contributed by atoms with Crippen molar-refractivity contribution < 1.29 is 23.1 Å². The predicted molar refractivity (Wildman–Crippen MR) is 81.5 cm³/mol. The van der Waals surface area contributed by atoms with Crippen molar-refractivity contribution in [1.29, 1.82) is 0 Å². The number of carboxylic acids is 1. The zero-order valence-electron chi connectivity index (χ0n) is 12.5. The first-order valence-electron chi connectivity index (χ1n) is 7.43. The van der Waals surface area contributed by atoms with Gasteiger partial charge in [-0.3, -0.25) is 9.78 Å². The zero-order valence-corrected chi connectivity index (χ0v) is 12.5. The largest absolute Gasteiger partial charge is 0.481 e. The third kappa shape index (κ3) is 3.67. The van der Waals surface area contributed by atoms with Crippen molar-refractivity contribution in [3.05, 3.63) is 59.4 Å². The van der Waals surface area contributed by atoms with Gasteiger partial charge >= 0.3 is 12.1 Å². The number of nitrogens with one attached hydrogen (secondary N) is 1. The van der Waals surface area contributed by atoms with Gasteiger partial charge in [0.05, 0.1) is 5.92 Å². The molecule has 1 heterocycles. The fraction of sp³-hybridized carbons (Fsp3) is 0.294. The fourth-order valence-electron chi connectivity index (χ4n) is 2.59. The van der Waals surface area contributed by atoms with E-state index in [9.17, 15) is 18.0 Å². The molecule has 4 nitrogen and oxygen atoms in total. The molecule has 1 saturated carbocycles. The number of benzene rings is 1. The molecule has 0 aliphatic heterocycles. The molecule has 2 N–H and O–H groups in total. The molecule has 0 unspecified atom stereocenters. The summed E-state index contributed by atoms with van der Waals surface area (Å²) < 4.78 is 37.3. The monoisotopic (exact) mass is 336 g/mol. The molecular formula is C17H15F3N2O2. The second-order valence-electron chi connectivity index (χ2n) is 5.81. The van der Waals surface area contributed by atoms with E-state index in [1.807, 2.05) is 24.3 Å². The standard InChI is InChI=1S/C17H15F3N2O2/c18-17(19,20)15-6-1-10(9-22-15)8-21-12-4-2-11(3-5-12)13-7-14(13)16(23)24/h1-6,9,13-14,21H,7-8H2,(H,23,24)/t13-,14+/m0/s1. The van der Waals surface area contributed by atoms with Gasteiger partial charge in [-0.2, -0.15) is 13.2 Å². The number of halogens is 3. The average Bonchev–Trinajstić information content (AvgIpc) is 3.34. The van der Waals surface area contributed by atoms with Crippen LogP contribution in [0.3, 0.4) is 0 Å². The van der Waals surface area contributed by atoms with Crippen molar-refractivity contribution in [3.8, 4) is 0 Å². The Bertz CT molecular complexity index is 727. The average molecular weight is 336 g/mol. The molecule has 2 atom stereocenters. The molecule has 126 valence electrons. The summed E-state index contributed by atoms with van der Waals surface area (Å²) in [7, 11) is 0. The van der Waals surface area contributed by atoms with E-state index in [0.717, 1.165) is 17.3 Å². The molecule has 2 aromatic rings. The molecule has 1 aromatic carbocycles. The zero-order chi connectivity index (χ0) is 17.3. The van der Waals surface area contributed by atoms with Crippen molar-refractivity contribution in [2.24, 2.45) is 5.92 Å². The Morgan fingerprint density at radius 3 is 2.42 bits per heavy atom. The molecule has 1 aliphatic rings. The molecule has 0 spiro atoms. The highest BCUT2D eigenvalue weighted by Gasteiger charge is 2.43. The van der Waals surface area contributed by atoms with Crippen LogP contribution in [-0.2, 0) is 17.5 Å². The normalized spacial score (nSPS) is 19.8. The van der Waals surface area contributed by atoms with Gasteiger partial charge in [-0.05, 0) is 41.7 Å². The lowest BCUT2D eigenvalue weighted by atomic mass is 10.1. The minimum atomic E-state index is -4.43. The van der Waals surface area contributed by atoms with Crippen molar-refractivity contribution in [3.63, 3.8) is 0 Å². The van der Waals surface area contributed by atoms with Gasteiger partial charge < -0.3 is 10.4 Å². The van der Waals surface area contributed by atoms with Crippen LogP contribution in [0.1, 0.15) is 29.2 Å². The van der Waals surface area contributed by atoms with Crippen LogP contribution in [0.2, 0.25) is 0 Å². The highest BCUT2D eigenvalue weighted by molar-refractivity contribution is 5.75. The van der Waals surface area contributed by atoms with Gasteiger partial charge in [-0.25, -0.2) is 0 Å². The Morgan fingerprint density at radius 1 is 1.21 bits per heavy atom. The van der Waals surface area contributed by atoms with Crippen molar-refractivity contribution in [1.82, 2.24) is 4.98 Å². The summed E-state index contributed by atoms with van der Waals surface area (Å²) in [6.07, 6.45) is -2.57. The van der Waals surface area contributed by atoms with Gasteiger partial charge in [-0.1, -0.05) is 18.2 Å². The summed E-state index contributed by atoms with van der Waals surface area (Å²) in [5.74, 6) is -0.977. The number of aliphatic carboxylic acids is 1. The SMILES string of the molecule is O=C(O)[C@@H]1C[C@H]1c1ccc(NCc2ccc(C(F)(F)F)nc2)cc1. The second-order valence-corrected chi connectivity index (χ2v) is 5.81. The van der Waals surface area contributed by atoms with E-state index in [1.165, 1.54) is 12.3 Å². The van der Waals surface area contributed by atoms with E-state index < -0.39 is 17.8 Å². The smallest absolute Gasteiger partial charge is 0.433 e. The molecule has 1 aliphatic carbocycles. The molecule has 1 fully saturated rings. The van der Waals surface area contributed by atoms with Crippen molar-refractivity contribution in [2.75, 3.05) is 5.32 Å². The number of rotatable bonds is 5. The Hall–Kier alpha value is -2.57. The summed E-state index contributed by atoms with van der Waals surface area (Å²) in [5.41, 5.74) is 1.53. The molecule has 1 aromatic heterocycles. The number of carboxylic acid groups (broad SMARTS) is 1. The first-order chi connectivity index (χ1) is 11.3. The summed E-state index contributed by atoms with van der Waals surface area (Å²) >= 11 is 0. The van der Waals surface area contributed by atoms with Crippen LogP contribution in [0, 0.1) is 5.92 Å². The van der Waals surface area contributed by atoms with Gasteiger partial charge in [0, 0.05) is 18.4 Å². The number of anilines is 1. The molecular weight excluding hydrogens is 321 g/mol. The highest BCUT2D eigenvalue weighted by Crippen LogP contribution is 2.47. The van der Waals surface area contributed by atoms with Gasteiger partial charge in [0.1, 0.15) is 5.69 Å². The summed E-state index contributed by atoms with van der Waals surface area (Å²) in [4.78, 5) is 14.3. The van der Waals surface area contributed by atoms with E-state index in [4.69, 9.17) is 5.11 Å². The summed E-state index contributed by atoms with van der Waals surface area (Å²) in [5, 5.41) is 12.0. The molecule has 7 heteroatoms. The molecule has 0 radical (unpaired) electrons. The number of alkyl halides is 3. The van der Waals surface area contributed by atoms with E-state index in [1.54, 1.807) is 0 Å². The molecule has 24 heavy (non-hydrogen) atoms. The minimum absolute atomic E-state index is 0.0793. The minimum Gasteiger partial charge on any atom is -0.481 e. The predicted octanol–water partition coefficient (Wildman–Crippen LogP) is 3.90. The van der Waals surface area contributed by atoms with Crippen LogP contribution < -0.4 is 5.32 Å². The van der Waals surface area contributed by atoms with Crippen LogP contribution in [0.5, 0.6) is 0 Å². The van der Waals surface area contributed by atoms with Gasteiger partial charge in [0.2, 0.25) is 0 Å². The molecule has 0 amide bonds. The topological polar surface area (TPSA) is 62.2 Å². The summed E-state index contributed by atoms with van der Waals surface area (Å²) in [6.45, 7) is 0.353. The van der Waals surface area contributed by atoms with E-state index >= 15 is 0 Å². The third-order valence-electron chi connectivity index (χ3n) is 4.06. The molecule has 0 bridgehead atoms. The van der Waals surface area contributed by atoms with Crippen LogP contribution in [0.15, 0.2) is 42.6 Å². The lowest BCUT2D eigenvalue weighted by molar-refractivity contribution is -0.141. The second kappa shape index (κ2) is 6.14. The number of nitrogens with zero attached hydrogens (tertiary/aromatic N) is 1. The van der Waals surface area contributed by atoms with Crippen LogP contribution in [0.25, 0.3) is 0 Å². The summed E-state index contributed by atoms with van der Waals surface area (Å²) in [6, 6.07) is 9.77. The van der Waals surface area contributed by atoms with Crippen LogP contribution in [0.4, 0.5) is 18.9 Å². The van der Waals surface area contributed by atoms with Gasteiger partial charge in [0.25, 0.3) is 0 Å². The number of carbonyl (C=O) groups is 1. The maximum Gasteiger partial charge on any atom is 0.433 e. The lowest BCUT2D eigenvalue weighted by Gasteiger charge is -2.09. The first kappa shape index (κ1) is 16.3. The fourth-order valence-corrected chi connectivity index (χ4v) is 2.59. The maximum atomic E-state index is 12.4. The van der Waals surface area contributed by atoms with Crippen molar-refractivity contribution in [2.45, 2.75) is 25.1 Å². The number of pyridine rings is 1. The van der Waals surface area contributed by atoms with Crippen molar-refractivity contribution >= 4 is 11.7 Å². The van der Waals surface area contributed by atoms with Crippen LogP contribution >= 0.6 is 0 Å². The Morgan fingerprint density at radius 2 is 1.92 bits per heavy atom. The molecule has 0 saturated heterocycles. The van der Waals surface area contributed by atoms with Gasteiger partial charge in [-0.15, -0.1) is 0 Å². The Labute approximate surface area is 136 Å². The highest BCUT2D eigenvalue weighted by atomic mass is 19.4. The number of hydrogen-bond donors (Lipinski definition) is 2. The Kier molecular flexibility index (Phi) is 4.17. The Balaban J connectivity index is 1.56. The van der Waals surface area contributed by atoms with Gasteiger partial charge in [0.15, 0.2) is 0 Å². The number of aromatic nitrogens is 1. The quantitative estimate of drug-likeness (QED) is 0.869. The van der Waals surface area contributed by atoms with E-state index in [2.05, 4.69) is 10.3 Å². The van der Waals surface area contributed by atoms with E-state index in [-0.39, 0.29) is 11.8 Å². The number of hydrogen-bond acceptors (Lipinski definition) is 3. The third-order valence-corrected chi connectivity index (χ3v) is 4.06.